The number of hydrogen-bond acceptors (Lipinski definition) is 5. The van der Waals surface area contributed by atoms with Crippen molar-refractivity contribution in [2.45, 2.75) is 26.7 Å². The van der Waals surface area contributed by atoms with Gasteiger partial charge in [0.15, 0.2) is 5.75 Å². The van der Waals surface area contributed by atoms with Crippen LogP contribution in [0.4, 0.5) is 0 Å². The lowest BCUT2D eigenvalue weighted by Crippen LogP contribution is -2.21. The summed E-state index contributed by atoms with van der Waals surface area (Å²) >= 11 is 17.7. The fraction of sp³-hybridized carbons (Fsp3) is 0.400. The van der Waals surface area contributed by atoms with Crippen LogP contribution in [0.15, 0.2) is 6.07 Å². The van der Waals surface area contributed by atoms with Gasteiger partial charge in [-0.1, -0.05) is 55.1 Å². The van der Waals surface area contributed by atoms with Gasteiger partial charge in [-0.05, 0) is 18.4 Å². The van der Waals surface area contributed by atoms with Crippen LogP contribution in [0.3, 0.4) is 0 Å². The van der Waals surface area contributed by atoms with Gasteiger partial charge in [-0.25, -0.2) is 14.4 Å². The largest absolute Gasteiger partial charge is 0.473 e. The molecular formula is C15H15Cl3O6. The number of aliphatic carboxylic acids is 1. The van der Waals surface area contributed by atoms with Crippen LogP contribution in [0.5, 0.6) is 5.75 Å². The summed E-state index contributed by atoms with van der Waals surface area (Å²) in [5.41, 5.74) is -0.395. The molecule has 1 aromatic carbocycles. The minimum absolute atomic E-state index is 0.0642. The summed E-state index contributed by atoms with van der Waals surface area (Å²) in [4.78, 5) is 34.2. The SMILES string of the molecule is CCC(C)CCOC(=O)c1c(Cl)c(Cl)cc(Cl)c1OC(=O)C(=O)O. The quantitative estimate of drug-likeness (QED) is 0.334. The van der Waals surface area contributed by atoms with Crippen LogP contribution in [0.1, 0.15) is 37.0 Å². The fourth-order valence-electron chi connectivity index (χ4n) is 1.63. The number of esters is 2. The lowest BCUT2D eigenvalue weighted by atomic mass is 10.1. The molecule has 1 aromatic rings. The number of halogens is 3. The zero-order chi connectivity index (χ0) is 18.4. The lowest BCUT2D eigenvalue weighted by molar-refractivity contribution is -0.158. The Bertz CT molecular complexity index is 659. The van der Waals surface area contributed by atoms with E-state index in [4.69, 9.17) is 44.6 Å². The number of carbonyl (C=O) groups is 3. The molecule has 0 aromatic heterocycles. The van der Waals surface area contributed by atoms with E-state index in [0.717, 1.165) is 12.5 Å². The van der Waals surface area contributed by atoms with E-state index in [1.54, 1.807) is 0 Å². The molecule has 0 aliphatic carbocycles. The van der Waals surface area contributed by atoms with Crippen molar-refractivity contribution in [3.05, 3.63) is 26.7 Å². The van der Waals surface area contributed by atoms with Gasteiger partial charge < -0.3 is 14.6 Å². The number of benzene rings is 1. The molecule has 0 aliphatic rings. The topological polar surface area (TPSA) is 89.9 Å². The molecule has 9 heteroatoms. The zero-order valence-corrected chi connectivity index (χ0v) is 15.2. The summed E-state index contributed by atoms with van der Waals surface area (Å²) in [6, 6.07) is 1.13. The maximum atomic E-state index is 12.2. The lowest BCUT2D eigenvalue weighted by Gasteiger charge is -2.14. The van der Waals surface area contributed by atoms with Gasteiger partial charge in [0.1, 0.15) is 5.56 Å². The van der Waals surface area contributed by atoms with E-state index in [2.05, 4.69) is 4.74 Å². The van der Waals surface area contributed by atoms with Gasteiger partial charge in [-0.3, -0.25) is 0 Å². The normalized spacial score (nSPS) is 11.7. The highest BCUT2D eigenvalue weighted by molar-refractivity contribution is 6.46. The Kier molecular flexibility index (Phi) is 7.79. The first-order valence-electron chi connectivity index (χ1n) is 6.98. The van der Waals surface area contributed by atoms with Crippen LogP contribution in [0.25, 0.3) is 0 Å². The zero-order valence-electron chi connectivity index (χ0n) is 12.9. The highest BCUT2D eigenvalue weighted by atomic mass is 35.5. The maximum absolute atomic E-state index is 12.2. The highest BCUT2D eigenvalue weighted by Crippen LogP contribution is 2.39. The Hall–Kier alpha value is -1.50. The minimum Gasteiger partial charge on any atom is -0.473 e. The Morgan fingerprint density at radius 1 is 1.21 bits per heavy atom. The predicted octanol–water partition coefficient (Wildman–Crippen LogP) is 4.23. The smallest absolute Gasteiger partial charge is 0.422 e. The molecule has 1 N–H and O–H groups in total. The molecule has 0 radical (unpaired) electrons. The van der Waals surface area contributed by atoms with Crippen LogP contribution >= 0.6 is 34.8 Å². The van der Waals surface area contributed by atoms with Crippen molar-refractivity contribution in [1.29, 1.82) is 0 Å². The van der Waals surface area contributed by atoms with Crippen molar-refractivity contribution in [3.8, 4) is 5.75 Å². The van der Waals surface area contributed by atoms with E-state index in [-0.39, 0.29) is 21.7 Å². The first-order chi connectivity index (χ1) is 11.2. The third kappa shape index (κ3) is 5.26. The first kappa shape index (κ1) is 20.5. The number of rotatable bonds is 6. The van der Waals surface area contributed by atoms with E-state index >= 15 is 0 Å². The number of ether oxygens (including phenoxy) is 2. The molecule has 1 rings (SSSR count). The number of carboxylic acids is 1. The van der Waals surface area contributed by atoms with Gasteiger partial charge >= 0.3 is 17.9 Å². The second-order valence-electron chi connectivity index (χ2n) is 4.99. The van der Waals surface area contributed by atoms with E-state index < -0.39 is 29.2 Å². The fourth-order valence-corrected chi connectivity index (χ4v) is 2.35. The van der Waals surface area contributed by atoms with Gasteiger partial charge in [-0.2, -0.15) is 0 Å². The van der Waals surface area contributed by atoms with Gasteiger partial charge in [0.2, 0.25) is 0 Å². The van der Waals surface area contributed by atoms with E-state index in [0.29, 0.717) is 12.3 Å². The Balaban J connectivity index is 3.12. The van der Waals surface area contributed by atoms with Gasteiger partial charge in [0.05, 0.1) is 21.7 Å². The van der Waals surface area contributed by atoms with Crippen LogP contribution in [-0.2, 0) is 14.3 Å². The molecule has 0 spiro atoms. The average molecular weight is 398 g/mol. The van der Waals surface area contributed by atoms with Crippen molar-refractivity contribution in [3.63, 3.8) is 0 Å². The van der Waals surface area contributed by atoms with E-state index in [1.165, 1.54) is 0 Å². The molecule has 0 fully saturated rings. The molecule has 0 saturated carbocycles. The van der Waals surface area contributed by atoms with Crippen molar-refractivity contribution in [2.24, 2.45) is 5.92 Å². The first-order valence-corrected chi connectivity index (χ1v) is 8.12. The molecule has 0 bridgehead atoms. The Morgan fingerprint density at radius 3 is 2.38 bits per heavy atom. The maximum Gasteiger partial charge on any atom is 0.422 e. The average Bonchev–Trinajstić information content (AvgIpc) is 2.52. The van der Waals surface area contributed by atoms with Gasteiger partial charge in [0.25, 0.3) is 0 Å². The number of carboxylic acid groups (broad SMARTS) is 1. The van der Waals surface area contributed by atoms with Crippen LogP contribution in [-0.4, -0.2) is 29.6 Å². The number of carbonyl (C=O) groups excluding carboxylic acids is 2. The third-order valence-corrected chi connectivity index (χ3v) is 4.31. The standard InChI is InChI=1S/C15H15Cl3O6/c1-3-7(2)4-5-23-14(21)10-11(18)8(16)6-9(17)12(10)24-15(22)13(19)20/h6-7H,3-5H2,1-2H3,(H,19,20). The molecule has 24 heavy (non-hydrogen) atoms. The Morgan fingerprint density at radius 2 is 1.83 bits per heavy atom. The van der Waals surface area contributed by atoms with Crippen molar-refractivity contribution in [2.75, 3.05) is 6.61 Å². The molecule has 6 nitrogen and oxygen atoms in total. The Labute approximate surface area is 153 Å². The summed E-state index contributed by atoms with van der Waals surface area (Å²) in [6.45, 7) is 4.11. The second kappa shape index (κ2) is 9.11. The summed E-state index contributed by atoms with van der Waals surface area (Å²) in [5, 5.41) is 8.07. The van der Waals surface area contributed by atoms with E-state index in [1.807, 2.05) is 13.8 Å². The molecule has 0 heterocycles. The summed E-state index contributed by atoms with van der Waals surface area (Å²) < 4.78 is 9.72. The molecule has 0 amide bonds. The number of hydrogen-bond donors (Lipinski definition) is 1. The van der Waals surface area contributed by atoms with Crippen LogP contribution in [0, 0.1) is 5.92 Å². The third-order valence-electron chi connectivity index (χ3n) is 3.24. The minimum atomic E-state index is -1.85. The highest BCUT2D eigenvalue weighted by Gasteiger charge is 2.27. The van der Waals surface area contributed by atoms with Crippen molar-refractivity contribution >= 4 is 52.7 Å². The molecule has 1 atom stereocenters. The molecule has 1 unspecified atom stereocenters. The second-order valence-corrected chi connectivity index (χ2v) is 6.18. The summed E-state index contributed by atoms with van der Waals surface area (Å²) in [6.07, 6.45) is 1.54. The van der Waals surface area contributed by atoms with Gasteiger partial charge in [-0.15, -0.1) is 0 Å². The van der Waals surface area contributed by atoms with Gasteiger partial charge in [0, 0.05) is 0 Å². The van der Waals surface area contributed by atoms with E-state index in [9.17, 15) is 14.4 Å². The molecule has 132 valence electrons. The van der Waals surface area contributed by atoms with Crippen molar-refractivity contribution < 1.29 is 29.0 Å². The molecule has 0 saturated heterocycles. The summed E-state index contributed by atoms with van der Waals surface area (Å²) in [7, 11) is 0. The molecular weight excluding hydrogens is 383 g/mol. The van der Waals surface area contributed by atoms with Crippen molar-refractivity contribution in [1.82, 2.24) is 0 Å². The van der Waals surface area contributed by atoms with Crippen LogP contribution < -0.4 is 4.74 Å². The summed E-state index contributed by atoms with van der Waals surface area (Å²) in [5.74, 6) is -4.55. The predicted molar refractivity (Wildman–Crippen MR) is 89.1 cm³/mol. The monoisotopic (exact) mass is 396 g/mol. The molecule has 0 aliphatic heterocycles. The van der Waals surface area contributed by atoms with Crippen LogP contribution in [0.2, 0.25) is 15.1 Å².